The van der Waals surface area contributed by atoms with Crippen molar-refractivity contribution in [2.24, 2.45) is 0 Å². The second-order valence-corrected chi connectivity index (χ2v) is 11.3. The largest absolute Gasteiger partial charge is 0.460 e. The molecule has 1 rings (SSSR count). The normalized spacial score (nSPS) is 23.8. The molecule has 1 saturated heterocycles. The van der Waals surface area contributed by atoms with Gasteiger partial charge < -0.3 is 34.8 Å². The van der Waals surface area contributed by atoms with Gasteiger partial charge in [-0.25, -0.2) is 0 Å². The summed E-state index contributed by atoms with van der Waals surface area (Å²) >= 11 is 0. The van der Waals surface area contributed by atoms with Crippen LogP contribution in [-0.2, 0) is 14.2 Å². The van der Waals surface area contributed by atoms with Crippen LogP contribution in [0.2, 0.25) is 0 Å². The highest BCUT2D eigenvalue weighted by Gasteiger charge is 2.95. The lowest BCUT2D eigenvalue weighted by Gasteiger charge is -2.42. The van der Waals surface area contributed by atoms with Gasteiger partial charge in [0.2, 0.25) is 0 Å². The summed E-state index contributed by atoms with van der Waals surface area (Å²) in [6.07, 6.45) is -14.5. The molecular formula is C26H36F17NO6. The molecule has 300 valence electrons. The van der Waals surface area contributed by atoms with Crippen LogP contribution in [0.25, 0.3) is 0 Å². The Kier molecular flexibility index (Phi) is 15.9. The molecule has 0 aromatic rings. The number of aliphatic hydroxyl groups is 3. The van der Waals surface area contributed by atoms with Crippen molar-refractivity contribution in [2.75, 3.05) is 33.0 Å². The third-order valence-corrected chi connectivity index (χ3v) is 7.57. The Morgan fingerprint density at radius 3 is 1.58 bits per heavy atom. The molecular weight excluding hydrogens is 745 g/mol. The lowest BCUT2D eigenvalue weighted by Crippen LogP contribution is -2.74. The van der Waals surface area contributed by atoms with E-state index in [4.69, 9.17) is 14.2 Å². The lowest BCUT2D eigenvalue weighted by molar-refractivity contribution is -0.461. The van der Waals surface area contributed by atoms with Crippen LogP contribution in [0.4, 0.5) is 74.6 Å². The van der Waals surface area contributed by atoms with Gasteiger partial charge in [0.25, 0.3) is 0 Å². The zero-order valence-corrected chi connectivity index (χ0v) is 25.9. The van der Waals surface area contributed by atoms with E-state index in [9.17, 15) is 90.0 Å². The summed E-state index contributed by atoms with van der Waals surface area (Å²) in [6.45, 7) is 0.140. The van der Waals surface area contributed by atoms with E-state index in [0.717, 1.165) is 12.8 Å². The van der Waals surface area contributed by atoms with E-state index in [1.165, 1.54) is 0 Å². The molecule has 4 N–H and O–H groups in total. The first-order valence-corrected chi connectivity index (χ1v) is 14.8. The van der Waals surface area contributed by atoms with Crippen molar-refractivity contribution < 1.29 is 104 Å². The fourth-order valence-corrected chi connectivity index (χ4v) is 4.44. The monoisotopic (exact) mass is 781 g/mol. The Morgan fingerprint density at radius 1 is 0.600 bits per heavy atom. The van der Waals surface area contributed by atoms with Crippen molar-refractivity contribution in [3.8, 4) is 0 Å². The molecule has 0 spiro atoms. The molecule has 1 aliphatic heterocycles. The Morgan fingerprint density at radius 2 is 1.08 bits per heavy atom. The molecule has 0 bridgehead atoms. The van der Waals surface area contributed by atoms with E-state index >= 15 is 0 Å². The highest BCUT2D eigenvalue weighted by molar-refractivity contribution is 5.15. The summed E-state index contributed by atoms with van der Waals surface area (Å²) in [4.78, 5) is 0. The first-order valence-electron chi connectivity index (χ1n) is 14.8. The van der Waals surface area contributed by atoms with Crippen molar-refractivity contribution >= 4 is 0 Å². The van der Waals surface area contributed by atoms with E-state index in [-0.39, 0.29) is 26.1 Å². The molecule has 0 saturated carbocycles. The average Bonchev–Trinajstić information content (AvgIpc) is 2.99. The van der Waals surface area contributed by atoms with Gasteiger partial charge in [0.05, 0.1) is 12.6 Å². The van der Waals surface area contributed by atoms with Gasteiger partial charge in [-0.15, -0.1) is 0 Å². The second-order valence-electron chi connectivity index (χ2n) is 11.3. The van der Waals surface area contributed by atoms with Crippen molar-refractivity contribution in [3.05, 3.63) is 0 Å². The molecule has 1 aliphatic rings. The minimum absolute atomic E-state index is 0.0125. The number of alkyl halides is 17. The lowest BCUT2D eigenvalue weighted by atomic mass is 9.88. The standard InChI is InChI=1S/C26H36F17NO6/c1-2-3-4-9-44-15-17(47)16(46)14(13-45)50-18(15)49-12-6-5-10-48-11-7-8-19(27,28)20(29,30)21(31,32)22(33,34)23(35,36)24(37,38)25(39,40)26(41,42)43/h14-18,44-47H,2-13H2,1H3/t14-,15-,16-,17-,18-/m1/s1. The van der Waals surface area contributed by atoms with Crippen LogP contribution in [0.5, 0.6) is 0 Å². The predicted octanol–water partition coefficient (Wildman–Crippen LogP) is 6.18. The summed E-state index contributed by atoms with van der Waals surface area (Å²) in [5, 5.41) is 32.8. The molecule has 0 amide bonds. The Bertz CT molecular complexity index is 1030. The average molecular weight is 782 g/mol. The first-order chi connectivity index (χ1) is 22.5. The highest BCUT2D eigenvalue weighted by atomic mass is 19.4. The molecule has 0 aromatic heterocycles. The number of hydrogen-bond acceptors (Lipinski definition) is 7. The van der Waals surface area contributed by atoms with Crippen molar-refractivity contribution in [3.63, 3.8) is 0 Å². The van der Waals surface area contributed by atoms with Gasteiger partial charge in [0, 0.05) is 26.2 Å². The van der Waals surface area contributed by atoms with Gasteiger partial charge in [0.1, 0.15) is 18.3 Å². The summed E-state index contributed by atoms with van der Waals surface area (Å²) in [7, 11) is 0. The Balaban J connectivity index is 2.74. The molecule has 1 fully saturated rings. The number of hydrogen-bond donors (Lipinski definition) is 4. The molecule has 5 atom stereocenters. The van der Waals surface area contributed by atoms with Gasteiger partial charge in [-0.2, -0.15) is 74.6 Å². The third-order valence-electron chi connectivity index (χ3n) is 7.57. The number of ether oxygens (including phenoxy) is 3. The maximum absolute atomic E-state index is 14.0. The smallest absolute Gasteiger partial charge is 0.394 e. The summed E-state index contributed by atoms with van der Waals surface area (Å²) in [6, 6.07) is -0.934. The van der Waals surface area contributed by atoms with Crippen LogP contribution in [0.15, 0.2) is 0 Å². The zero-order valence-electron chi connectivity index (χ0n) is 25.9. The predicted molar refractivity (Wildman–Crippen MR) is 135 cm³/mol. The minimum atomic E-state index is -8.66. The zero-order chi connectivity index (χ0) is 39.2. The SMILES string of the molecule is CCCCCN[C@H]1[C@H](OCCCCOCCCC(F)(F)C(F)(F)C(F)(F)C(F)(F)C(F)(F)C(F)(F)C(F)(F)C(F)(F)F)O[C@H](CO)[C@@H](O)[C@@H]1O. The van der Waals surface area contributed by atoms with Crippen molar-refractivity contribution in [1.29, 1.82) is 0 Å². The topological polar surface area (TPSA) is 100 Å². The van der Waals surface area contributed by atoms with Gasteiger partial charge in [-0.1, -0.05) is 19.8 Å². The van der Waals surface area contributed by atoms with Crippen LogP contribution in [0.1, 0.15) is 51.9 Å². The van der Waals surface area contributed by atoms with Crippen LogP contribution in [0, 0.1) is 0 Å². The molecule has 0 unspecified atom stereocenters. The summed E-state index contributed by atoms with van der Waals surface area (Å²) < 4.78 is 243. The van der Waals surface area contributed by atoms with Crippen LogP contribution in [0.3, 0.4) is 0 Å². The van der Waals surface area contributed by atoms with E-state index in [1.54, 1.807) is 0 Å². The molecule has 50 heavy (non-hydrogen) atoms. The first kappa shape index (κ1) is 46.6. The number of halogens is 17. The number of nitrogens with one attached hydrogen (secondary N) is 1. The quantitative estimate of drug-likeness (QED) is 0.0770. The molecule has 24 heteroatoms. The number of unbranched alkanes of at least 4 members (excludes halogenated alkanes) is 3. The van der Waals surface area contributed by atoms with Crippen LogP contribution < -0.4 is 5.32 Å². The maximum atomic E-state index is 14.0. The highest BCUT2D eigenvalue weighted by Crippen LogP contribution is 2.64. The Hall–Kier alpha value is -1.47. The molecule has 1 heterocycles. The van der Waals surface area contributed by atoms with Gasteiger partial charge >= 0.3 is 47.6 Å². The summed E-state index contributed by atoms with van der Waals surface area (Å²) in [5.74, 6) is -56.5. The van der Waals surface area contributed by atoms with E-state index < -0.39 is 104 Å². The molecule has 0 radical (unpaired) electrons. The molecule has 7 nitrogen and oxygen atoms in total. The second kappa shape index (κ2) is 17.1. The summed E-state index contributed by atoms with van der Waals surface area (Å²) in [5.41, 5.74) is 0. The third kappa shape index (κ3) is 9.18. The van der Waals surface area contributed by atoms with Crippen LogP contribution in [-0.4, -0.2) is 127 Å². The fourth-order valence-electron chi connectivity index (χ4n) is 4.44. The van der Waals surface area contributed by atoms with E-state index in [0.29, 0.717) is 13.0 Å². The van der Waals surface area contributed by atoms with E-state index in [1.807, 2.05) is 6.92 Å². The molecule has 0 aromatic carbocycles. The van der Waals surface area contributed by atoms with Crippen LogP contribution >= 0.6 is 0 Å². The van der Waals surface area contributed by atoms with Crippen molar-refractivity contribution in [1.82, 2.24) is 5.32 Å². The number of rotatable bonds is 22. The fraction of sp³-hybridized carbons (Fsp3) is 1.00. The Labute approximate surface area is 273 Å². The van der Waals surface area contributed by atoms with E-state index in [2.05, 4.69) is 5.32 Å². The van der Waals surface area contributed by atoms with Crippen molar-refractivity contribution in [2.45, 2.75) is 130 Å². The molecule has 0 aliphatic carbocycles. The maximum Gasteiger partial charge on any atom is 0.460 e. The van der Waals surface area contributed by atoms with Gasteiger partial charge in [-0.3, -0.25) is 0 Å². The van der Waals surface area contributed by atoms with Gasteiger partial charge in [-0.05, 0) is 32.2 Å². The van der Waals surface area contributed by atoms with Gasteiger partial charge in [0.15, 0.2) is 6.29 Å². The number of aliphatic hydroxyl groups excluding tert-OH is 3. The minimum Gasteiger partial charge on any atom is -0.394 e.